The van der Waals surface area contributed by atoms with Crippen molar-refractivity contribution >= 4 is 29.2 Å². The first-order valence-corrected chi connectivity index (χ1v) is 6.92. The van der Waals surface area contributed by atoms with Gasteiger partial charge in [0.05, 0.1) is 0 Å². The molecule has 0 saturated carbocycles. The Balaban J connectivity index is 2.05. The maximum absolute atomic E-state index is 4.39. The number of anilines is 1. The predicted molar refractivity (Wildman–Crippen MR) is 69.6 cm³/mol. The maximum atomic E-state index is 4.39. The minimum atomic E-state index is 0.665. The van der Waals surface area contributed by atoms with Gasteiger partial charge >= 0.3 is 0 Å². The van der Waals surface area contributed by atoms with Crippen molar-refractivity contribution in [1.82, 2.24) is 19.3 Å². The van der Waals surface area contributed by atoms with Gasteiger partial charge in [-0.15, -0.1) is 0 Å². The van der Waals surface area contributed by atoms with Gasteiger partial charge < -0.3 is 5.32 Å². The van der Waals surface area contributed by atoms with E-state index in [1.54, 1.807) is 6.20 Å². The van der Waals surface area contributed by atoms with E-state index in [1.165, 1.54) is 23.3 Å². The highest BCUT2D eigenvalue weighted by Crippen LogP contribution is 2.27. The van der Waals surface area contributed by atoms with Gasteiger partial charge in [-0.2, -0.15) is 4.37 Å². The van der Waals surface area contributed by atoms with Crippen molar-refractivity contribution in [2.75, 3.05) is 11.9 Å². The molecule has 0 unspecified atom stereocenters. The molecule has 0 aliphatic heterocycles. The molecule has 90 valence electrons. The summed E-state index contributed by atoms with van der Waals surface area (Å²) < 4.78 is 5.04. The number of nitrogens with zero attached hydrogens (tertiary/aromatic N) is 4. The Morgan fingerprint density at radius 1 is 1.41 bits per heavy atom. The Kier molecular flexibility index (Phi) is 4.27. The summed E-state index contributed by atoms with van der Waals surface area (Å²) >= 11 is 2.90. The van der Waals surface area contributed by atoms with Crippen LogP contribution in [0.15, 0.2) is 21.6 Å². The van der Waals surface area contributed by atoms with Crippen LogP contribution in [-0.4, -0.2) is 25.9 Å². The summed E-state index contributed by atoms with van der Waals surface area (Å²) in [5.41, 5.74) is 0. The van der Waals surface area contributed by atoms with Gasteiger partial charge in [-0.25, -0.2) is 15.0 Å². The number of rotatable bonds is 5. The molecule has 17 heavy (non-hydrogen) atoms. The monoisotopic (exact) mass is 267 g/mol. The zero-order valence-electron chi connectivity index (χ0n) is 9.67. The lowest BCUT2D eigenvalue weighted by atomic mass is 10.5. The highest BCUT2D eigenvalue weighted by Gasteiger charge is 2.05. The lowest BCUT2D eigenvalue weighted by molar-refractivity contribution is 0.935. The number of aryl methyl sites for hydroxylation is 1. The Hall–Kier alpha value is -1.21. The van der Waals surface area contributed by atoms with Crippen molar-refractivity contribution in [2.45, 2.75) is 29.6 Å². The molecule has 0 radical (unpaired) electrons. The zero-order chi connectivity index (χ0) is 12.1. The van der Waals surface area contributed by atoms with Crippen LogP contribution in [0.5, 0.6) is 0 Å². The molecule has 0 atom stereocenters. The second-order valence-electron chi connectivity index (χ2n) is 3.35. The molecule has 2 rings (SSSR count). The normalized spacial score (nSPS) is 10.5. The molecule has 0 aliphatic rings. The van der Waals surface area contributed by atoms with Crippen molar-refractivity contribution < 1.29 is 0 Å². The van der Waals surface area contributed by atoms with E-state index in [1.807, 2.05) is 13.0 Å². The topological polar surface area (TPSA) is 63.6 Å². The van der Waals surface area contributed by atoms with E-state index < -0.39 is 0 Å². The average Bonchev–Trinajstić information content (AvgIpc) is 2.73. The third kappa shape index (κ3) is 3.64. The molecule has 0 aliphatic carbocycles. The molecular weight excluding hydrogens is 254 g/mol. The molecule has 0 amide bonds. The van der Waals surface area contributed by atoms with E-state index in [0.717, 1.165) is 28.2 Å². The quantitative estimate of drug-likeness (QED) is 0.840. The Morgan fingerprint density at radius 3 is 3.00 bits per heavy atom. The van der Waals surface area contributed by atoms with Gasteiger partial charge in [0.2, 0.25) is 5.95 Å². The van der Waals surface area contributed by atoms with Crippen LogP contribution in [0.3, 0.4) is 0 Å². The van der Waals surface area contributed by atoms with Gasteiger partial charge in [-0.1, -0.05) is 6.92 Å². The fourth-order valence-corrected chi connectivity index (χ4v) is 2.69. The van der Waals surface area contributed by atoms with Gasteiger partial charge in [-0.3, -0.25) is 0 Å². The van der Waals surface area contributed by atoms with Crippen LogP contribution in [0.4, 0.5) is 5.95 Å². The van der Waals surface area contributed by atoms with Crippen LogP contribution in [0, 0.1) is 6.92 Å². The standard InChI is InChI=1S/C10H13N5S2/c1-3-5-11-9-12-6-4-8(14-9)16-10-13-7(2)15-17-10/h4,6H,3,5H2,1-2H3,(H,11,12,14). The Labute approximate surface area is 108 Å². The van der Waals surface area contributed by atoms with Crippen LogP contribution in [-0.2, 0) is 0 Å². The summed E-state index contributed by atoms with van der Waals surface area (Å²) in [6, 6.07) is 1.87. The van der Waals surface area contributed by atoms with Gasteiger partial charge in [0, 0.05) is 12.7 Å². The first-order chi connectivity index (χ1) is 8.28. The first-order valence-electron chi connectivity index (χ1n) is 5.33. The average molecular weight is 267 g/mol. The zero-order valence-corrected chi connectivity index (χ0v) is 11.3. The molecular formula is C10H13N5S2. The largest absolute Gasteiger partial charge is 0.354 e. The van der Waals surface area contributed by atoms with E-state index in [4.69, 9.17) is 0 Å². The fourth-order valence-electron chi connectivity index (χ4n) is 1.13. The van der Waals surface area contributed by atoms with E-state index >= 15 is 0 Å². The Bertz CT molecular complexity index is 485. The molecule has 0 aromatic carbocycles. The van der Waals surface area contributed by atoms with Crippen molar-refractivity contribution in [3.05, 3.63) is 18.1 Å². The van der Waals surface area contributed by atoms with Crippen molar-refractivity contribution in [3.8, 4) is 0 Å². The molecule has 0 spiro atoms. The number of hydrogen-bond acceptors (Lipinski definition) is 7. The van der Waals surface area contributed by atoms with E-state index in [9.17, 15) is 0 Å². The van der Waals surface area contributed by atoms with Crippen LogP contribution < -0.4 is 5.32 Å². The molecule has 0 bridgehead atoms. The lowest BCUT2D eigenvalue weighted by Crippen LogP contribution is -2.03. The third-order valence-corrected chi connectivity index (χ3v) is 3.64. The molecule has 2 aromatic heterocycles. The molecule has 5 nitrogen and oxygen atoms in total. The Morgan fingerprint density at radius 2 is 2.29 bits per heavy atom. The summed E-state index contributed by atoms with van der Waals surface area (Å²) in [5, 5.41) is 4.04. The molecule has 7 heteroatoms. The molecule has 2 aromatic rings. The molecule has 2 heterocycles. The van der Waals surface area contributed by atoms with Crippen LogP contribution in [0.1, 0.15) is 19.2 Å². The summed E-state index contributed by atoms with van der Waals surface area (Å²) in [5.74, 6) is 1.47. The van der Waals surface area contributed by atoms with Crippen LogP contribution >= 0.6 is 23.3 Å². The SMILES string of the molecule is CCCNc1nccc(Sc2nc(C)ns2)n1. The number of hydrogen-bond donors (Lipinski definition) is 1. The van der Waals surface area contributed by atoms with E-state index in [-0.39, 0.29) is 0 Å². The predicted octanol–water partition coefficient (Wildman–Crippen LogP) is 2.61. The third-order valence-electron chi connectivity index (χ3n) is 1.86. The molecule has 0 fully saturated rings. The van der Waals surface area contributed by atoms with Crippen molar-refractivity contribution in [1.29, 1.82) is 0 Å². The lowest BCUT2D eigenvalue weighted by Gasteiger charge is -2.03. The highest BCUT2D eigenvalue weighted by molar-refractivity contribution is 8.00. The van der Waals surface area contributed by atoms with Crippen LogP contribution in [0.25, 0.3) is 0 Å². The smallest absolute Gasteiger partial charge is 0.223 e. The number of nitrogens with one attached hydrogen (secondary N) is 1. The maximum Gasteiger partial charge on any atom is 0.223 e. The summed E-state index contributed by atoms with van der Waals surface area (Å²) in [6.45, 7) is 4.87. The van der Waals surface area contributed by atoms with Gasteiger partial charge in [0.15, 0.2) is 4.34 Å². The summed E-state index contributed by atoms with van der Waals surface area (Å²) in [4.78, 5) is 12.8. The van der Waals surface area contributed by atoms with Crippen molar-refractivity contribution in [3.63, 3.8) is 0 Å². The second-order valence-corrected chi connectivity index (χ2v) is 5.37. The molecule has 1 N–H and O–H groups in total. The van der Waals surface area contributed by atoms with Crippen LogP contribution in [0.2, 0.25) is 0 Å². The summed E-state index contributed by atoms with van der Waals surface area (Å²) in [6.07, 6.45) is 2.80. The number of aromatic nitrogens is 4. The fraction of sp³-hybridized carbons (Fsp3) is 0.400. The van der Waals surface area contributed by atoms with Gasteiger partial charge in [-0.05, 0) is 42.7 Å². The first kappa shape index (κ1) is 12.3. The summed E-state index contributed by atoms with van der Waals surface area (Å²) in [7, 11) is 0. The second kappa shape index (κ2) is 5.92. The van der Waals surface area contributed by atoms with Crippen molar-refractivity contribution in [2.24, 2.45) is 0 Å². The highest BCUT2D eigenvalue weighted by atomic mass is 32.2. The van der Waals surface area contributed by atoms with Gasteiger partial charge in [0.1, 0.15) is 10.9 Å². The minimum Gasteiger partial charge on any atom is -0.354 e. The molecule has 0 saturated heterocycles. The van der Waals surface area contributed by atoms with Gasteiger partial charge in [0.25, 0.3) is 0 Å². The minimum absolute atomic E-state index is 0.665. The van der Waals surface area contributed by atoms with E-state index in [2.05, 4.69) is 31.6 Å². The van der Waals surface area contributed by atoms with E-state index in [0.29, 0.717) is 5.95 Å².